The molecule has 0 atom stereocenters. The first-order valence-corrected chi connectivity index (χ1v) is 4.57. The van der Waals surface area contributed by atoms with Crippen molar-refractivity contribution in [3.63, 3.8) is 0 Å². The third-order valence-electron chi connectivity index (χ3n) is 2.14. The Hall–Kier alpha value is -1.15. The molecule has 0 aromatic carbocycles. The number of rotatable bonds is 3. The summed E-state index contributed by atoms with van der Waals surface area (Å²) >= 11 is 0. The molecule has 2 heteroatoms. The number of nitrogens with one attached hydrogen (secondary N) is 1. The van der Waals surface area contributed by atoms with Gasteiger partial charge in [-0.05, 0) is 37.1 Å². The van der Waals surface area contributed by atoms with Gasteiger partial charge in [-0.15, -0.1) is 0 Å². The summed E-state index contributed by atoms with van der Waals surface area (Å²) < 4.78 is 0. The highest BCUT2D eigenvalue weighted by atomic mass is 14.8. The summed E-state index contributed by atoms with van der Waals surface area (Å²) in [6.45, 7) is 9.43. The van der Waals surface area contributed by atoms with Crippen LogP contribution in [-0.4, -0.2) is 19.3 Å². The molecule has 0 bridgehead atoms. The minimum atomic E-state index is 1.02. The number of hydrogen-bond acceptors (Lipinski definition) is 2. The van der Waals surface area contributed by atoms with Crippen LogP contribution in [0.5, 0.6) is 0 Å². The van der Waals surface area contributed by atoms with Crippen LogP contribution < -0.4 is 5.32 Å². The van der Waals surface area contributed by atoms with Gasteiger partial charge in [0.05, 0.1) is 0 Å². The lowest BCUT2D eigenvalue weighted by molar-refractivity contribution is 0.711. The zero-order valence-electron chi connectivity index (χ0n) is 7.92. The van der Waals surface area contributed by atoms with Gasteiger partial charge in [-0.3, -0.25) is 4.99 Å². The molecular weight excluding hydrogens is 160 g/mol. The molecule has 0 aromatic rings. The summed E-state index contributed by atoms with van der Waals surface area (Å²) in [5.74, 6) is 0. The maximum atomic E-state index is 4.04. The third-order valence-corrected chi connectivity index (χ3v) is 2.14. The topological polar surface area (TPSA) is 24.4 Å². The molecule has 0 saturated carbocycles. The van der Waals surface area contributed by atoms with Gasteiger partial charge in [0.2, 0.25) is 0 Å². The van der Waals surface area contributed by atoms with Gasteiger partial charge in [0.1, 0.15) is 0 Å². The summed E-state index contributed by atoms with van der Waals surface area (Å²) in [5, 5.41) is 3.34. The standard InChI is InChI=1S/C11H16N2/c1-3-10-5-7-13-8-6-11(10)9-12-4-2/h3-4,9,13H,1-2,5-8H2/b12-9-. The first-order chi connectivity index (χ1) is 6.38. The zero-order valence-corrected chi connectivity index (χ0v) is 7.92. The molecular formula is C11H16N2. The summed E-state index contributed by atoms with van der Waals surface area (Å²) in [6, 6.07) is 0. The Labute approximate surface area is 79.8 Å². The Morgan fingerprint density at radius 2 is 1.85 bits per heavy atom. The fourth-order valence-electron chi connectivity index (χ4n) is 1.42. The summed E-state index contributed by atoms with van der Waals surface area (Å²) in [5.41, 5.74) is 2.58. The minimum absolute atomic E-state index is 1.02. The van der Waals surface area contributed by atoms with E-state index >= 15 is 0 Å². The summed E-state index contributed by atoms with van der Waals surface area (Å²) in [4.78, 5) is 4.04. The van der Waals surface area contributed by atoms with Crippen LogP contribution in [0.15, 0.2) is 41.6 Å². The molecule has 0 saturated heterocycles. The Bertz CT molecular complexity index is 249. The number of nitrogens with zero attached hydrogens (tertiary/aromatic N) is 1. The van der Waals surface area contributed by atoms with Gasteiger partial charge >= 0.3 is 0 Å². The van der Waals surface area contributed by atoms with Gasteiger partial charge in [-0.1, -0.05) is 19.2 Å². The Kier molecular flexibility index (Phi) is 4.19. The third kappa shape index (κ3) is 2.99. The van der Waals surface area contributed by atoms with Gasteiger partial charge in [-0.2, -0.15) is 0 Å². The highest BCUT2D eigenvalue weighted by Crippen LogP contribution is 2.14. The average molecular weight is 176 g/mol. The van der Waals surface area contributed by atoms with Crippen molar-refractivity contribution in [1.29, 1.82) is 0 Å². The molecule has 1 heterocycles. The Morgan fingerprint density at radius 1 is 1.15 bits per heavy atom. The fraction of sp³-hybridized carbons (Fsp3) is 0.364. The second kappa shape index (κ2) is 5.49. The largest absolute Gasteiger partial charge is 0.316 e. The quantitative estimate of drug-likeness (QED) is 0.654. The van der Waals surface area contributed by atoms with Crippen molar-refractivity contribution >= 4 is 6.21 Å². The molecule has 70 valence electrons. The van der Waals surface area contributed by atoms with E-state index in [1.54, 1.807) is 6.20 Å². The van der Waals surface area contributed by atoms with Crippen LogP contribution in [0.2, 0.25) is 0 Å². The van der Waals surface area contributed by atoms with E-state index in [4.69, 9.17) is 0 Å². The first kappa shape index (κ1) is 9.93. The number of hydrogen-bond donors (Lipinski definition) is 1. The summed E-state index contributed by atoms with van der Waals surface area (Å²) in [6.07, 6.45) is 7.45. The van der Waals surface area contributed by atoms with E-state index in [1.807, 2.05) is 12.3 Å². The van der Waals surface area contributed by atoms with Crippen molar-refractivity contribution in [3.05, 3.63) is 36.6 Å². The van der Waals surface area contributed by atoms with Crippen LogP contribution >= 0.6 is 0 Å². The number of allylic oxidation sites excluding steroid dienone is 1. The molecule has 1 N–H and O–H groups in total. The highest BCUT2D eigenvalue weighted by molar-refractivity contribution is 5.81. The minimum Gasteiger partial charge on any atom is -0.316 e. The number of aliphatic imine (C=N–C) groups is 1. The van der Waals surface area contributed by atoms with E-state index in [2.05, 4.69) is 23.5 Å². The maximum absolute atomic E-state index is 4.04. The van der Waals surface area contributed by atoms with Crippen molar-refractivity contribution in [2.75, 3.05) is 13.1 Å². The second-order valence-corrected chi connectivity index (χ2v) is 2.97. The molecule has 0 amide bonds. The van der Waals surface area contributed by atoms with Crippen molar-refractivity contribution in [2.24, 2.45) is 4.99 Å². The second-order valence-electron chi connectivity index (χ2n) is 2.97. The monoisotopic (exact) mass is 176 g/mol. The lowest BCUT2D eigenvalue weighted by Gasteiger charge is -2.01. The van der Waals surface area contributed by atoms with Gasteiger partial charge in [0.15, 0.2) is 0 Å². The molecule has 0 radical (unpaired) electrons. The zero-order chi connectivity index (χ0) is 9.52. The van der Waals surface area contributed by atoms with Gasteiger partial charge in [0.25, 0.3) is 0 Å². The van der Waals surface area contributed by atoms with E-state index in [-0.39, 0.29) is 0 Å². The van der Waals surface area contributed by atoms with Crippen molar-refractivity contribution in [2.45, 2.75) is 12.8 Å². The first-order valence-electron chi connectivity index (χ1n) is 4.57. The van der Waals surface area contributed by atoms with Gasteiger partial charge < -0.3 is 5.32 Å². The lowest BCUT2D eigenvalue weighted by atomic mass is 10.0. The SMILES string of the molecule is C=C/N=C\C1=C(C=C)CCNCC1. The van der Waals surface area contributed by atoms with E-state index in [0.717, 1.165) is 25.9 Å². The van der Waals surface area contributed by atoms with Gasteiger partial charge in [-0.25, -0.2) is 0 Å². The van der Waals surface area contributed by atoms with Crippen LogP contribution in [0.4, 0.5) is 0 Å². The average Bonchev–Trinajstić information content (AvgIpc) is 2.39. The molecule has 0 fully saturated rings. The molecule has 2 nitrogen and oxygen atoms in total. The van der Waals surface area contributed by atoms with E-state index in [9.17, 15) is 0 Å². The summed E-state index contributed by atoms with van der Waals surface area (Å²) in [7, 11) is 0. The van der Waals surface area contributed by atoms with Gasteiger partial charge in [0, 0.05) is 12.4 Å². The molecule has 1 aliphatic rings. The van der Waals surface area contributed by atoms with Crippen LogP contribution in [0.3, 0.4) is 0 Å². The predicted octanol–water partition coefficient (Wildman–Crippen LogP) is 2.07. The lowest BCUT2D eigenvalue weighted by Crippen LogP contribution is -2.14. The predicted molar refractivity (Wildman–Crippen MR) is 58.0 cm³/mol. The van der Waals surface area contributed by atoms with Crippen LogP contribution in [0, 0.1) is 0 Å². The molecule has 13 heavy (non-hydrogen) atoms. The molecule has 0 aliphatic carbocycles. The smallest absolute Gasteiger partial charge is 0.0302 e. The van der Waals surface area contributed by atoms with Crippen molar-refractivity contribution in [1.82, 2.24) is 5.32 Å². The molecule has 0 aromatic heterocycles. The van der Waals surface area contributed by atoms with Crippen molar-refractivity contribution in [3.8, 4) is 0 Å². The van der Waals surface area contributed by atoms with E-state index in [0.29, 0.717) is 0 Å². The van der Waals surface area contributed by atoms with Crippen LogP contribution in [0.1, 0.15) is 12.8 Å². The van der Waals surface area contributed by atoms with E-state index < -0.39 is 0 Å². The van der Waals surface area contributed by atoms with Crippen LogP contribution in [-0.2, 0) is 0 Å². The molecule has 1 rings (SSSR count). The maximum Gasteiger partial charge on any atom is 0.0302 e. The molecule has 0 unspecified atom stereocenters. The Morgan fingerprint density at radius 3 is 2.46 bits per heavy atom. The fourth-order valence-corrected chi connectivity index (χ4v) is 1.42. The van der Waals surface area contributed by atoms with Crippen molar-refractivity contribution < 1.29 is 0 Å². The van der Waals surface area contributed by atoms with Crippen LogP contribution in [0.25, 0.3) is 0 Å². The van der Waals surface area contributed by atoms with E-state index in [1.165, 1.54) is 11.1 Å². The Balaban J connectivity index is 2.81. The highest BCUT2D eigenvalue weighted by Gasteiger charge is 2.05. The molecule has 0 spiro atoms. The normalized spacial score (nSPS) is 18.8. The molecule has 1 aliphatic heterocycles.